The van der Waals surface area contributed by atoms with E-state index in [1.165, 1.54) is 0 Å². The molecular weight excluding hydrogens is 507 g/mol. The highest BCUT2D eigenvalue weighted by atomic mass is 35.5. The predicted octanol–water partition coefficient (Wildman–Crippen LogP) is 6.99. The molecule has 0 spiro atoms. The van der Waals surface area contributed by atoms with Crippen molar-refractivity contribution in [2.24, 2.45) is 0 Å². The molecule has 0 aliphatic rings. The van der Waals surface area contributed by atoms with Crippen LogP contribution in [-0.4, -0.2) is 15.6 Å². The van der Waals surface area contributed by atoms with Crippen LogP contribution in [0.3, 0.4) is 0 Å². The smallest absolute Gasteiger partial charge is 0.308 e. The molecule has 37 heavy (non-hydrogen) atoms. The average Bonchev–Trinajstić information content (AvgIpc) is 2.88. The SMILES string of the molecule is O=C(Nc1cccc(Cl)c1)Nc1ccc2nc(Cc3ccccc3)n(Cc3ccc(Cl)cc3)c(=O)c2c1. The second-order valence-corrected chi connectivity index (χ2v) is 9.40. The van der Waals surface area contributed by atoms with Crippen molar-refractivity contribution in [3.63, 3.8) is 0 Å². The molecule has 0 aliphatic carbocycles. The van der Waals surface area contributed by atoms with Crippen molar-refractivity contribution in [2.45, 2.75) is 13.0 Å². The molecule has 8 heteroatoms. The fourth-order valence-electron chi connectivity index (χ4n) is 4.05. The van der Waals surface area contributed by atoms with Crippen molar-refractivity contribution in [3.05, 3.63) is 134 Å². The monoisotopic (exact) mass is 528 g/mol. The number of hydrogen-bond donors (Lipinski definition) is 2. The van der Waals surface area contributed by atoms with E-state index in [4.69, 9.17) is 28.2 Å². The number of anilines is 2. The standard InChI is InChI=1S/C29H22Cl2N4O2/c30-21-11-9-20(10-12-21)18-35-27(15-19-5-2-1-3-6-19)34-26-14-13-24(17-25(26)28(35)36)33-29(37)32-23-8-4-7-22(31)16-23/h1-14,16-17H,15,18H2,(H2,32,33,37). The number of urea groups is 1. The molecule has 0 atom stereocenters. The Morgan fingerprint density at radius 2 is 1.49 bits per heavy atom. The number of nitrogens with zero attached hydrogens (tertiary/aromatic N) is 2. The van der Waals surface area contributed by atoms with Crippen LogP contribution in [0.4, 0.5) is 16.2 Å². The Morgan fingerprint density at radius 1 is 0.757 bits per heavy atom. The van der Waals surface area contributed by atoms with Gasteiger partial charge in [0.05, 0.1) is 17.4 Å². The minimum absolute atomic E-state index is 0.190. The first kappa shape index (κ1) is 24.6. The summed E-state index contributed by atoms with van der Waals surface area (Å²) >= 11 is 12.0. The molecule has 0 unspecified atom stereocenters. The lowest BCUT2D eigenvalue weighted by Gasteiger charge is -2.15. The zero-order valence-corrected chi connectivity index (χ0v) is 21.1. The summed E-state index contributed by atoms with van der Waals surface area (Å²) in [6.45, 7) is 0.341. The zero-order chi connectivity index (χ0) is 25.8. The summed E-state index contributed by atoms with van der Waals surface area (Å²) in [4.78, 5) is 31.1. The molecule has 5 rings (SSSR count). The maximum absolute atomic E-state index is 13.7. The number of halogens is 2. The Labute approximate surface area is 223 Å². The van der Waals surface area contributed by atoms with Gasteiger partial charge in [-0.1, -0.05) is 71.7 Å². The van der Waals surface area contributed by atoms with Gasteiger partial charge in [-0.15, -0.1) is 0 Å². The second kappa shape index (κ2) is 10.9. The first-order chi connectivity index (χ1) is 17.9. The third kappa shape index (κ3) is 6.00. The Bertz CT molecular complexity index is 1630. The molecule has 1 heterocycles. The van der Waals surface area contributed by atoms with Gasteiger partial charge in [-0.05, 0) is 59.7 Å². The summed E-state index contributed by atoms with van der Waals surface area (Å²) in [5.41, 5.74) is 3.38. The number of aromatic nitrogens is 2. The van der Waals surface area contributed by atoms with Gasteiger partial charge in [0.1, 0.15) is 5.82 Å². The molecule has 4 aromatic carbocycles. The Morgan fingerprint density at radius 3 is 2.22 bits per heavy atom. The summed E-state index contributed by atoms with van der Waals surface area (Å²) in [5.74, 6) is 0.651. The van der Waals surface area contributed by atoms with E-state index in [2.05, 4.69) is 10.6 Å². The molecule has 0 saturated carbocycles. The largest absolute Gasteiger partial charge is 0.323 e. The van der Waals surface area contributed by atoms with Crippen LogP contribution >= 0.6 is 23.2 Å². The quantitative estimate of drug-likeness (QED) is 0.249. The summed E-state index contributed by atoms with van der Waals surface area (Å²) < 4.78 is 1.67. The van der Waals surface area contributed by atoms with Crippen molar-refractivity contribution in [1.29, 1.82) is 0 Å². The molecule has 6 nitrogen and oxygen atoms in total. The number of carbonyl (C=O) groups excluding carboxylic acids is 1. The molecule has 2 N–H and O–H groups in total. The minimum atomic E-state index is -0.447. The maximum Gasteiger partial charge on any atom is 0.323 e. The Kier molecular flexibility index (Phi) is 7.21. The van der Waals surface area contributed by atoms with Gasteiger partial charge in [0.15, 0.2) is 0 Å². The molecule has 5 aromatic rings. The van der Waals surface area contributed by atoms with Gasteiger partial charge < -0.3 is 10.6 Å². The first-order valence-electron chi connectivity index (χ1n) is 11.6. The van der Waals surface area contributed by atoms with Crippen molar-refractivity contribution in [3.8, 4) is 0 Å². The van der Waals surface area contributed by atoms with Gasteiger partial charge in [-0.2, -0.15) is 0 Å². The van der Waals surface area contributed by atoms with E-state index in [1.807, 2.05) is 42.5 Å². The lowest BCUT2D eigenvalue weighted by Crippen LogP contribution is -2.26. The average molecular weight is 529 g/mol. The van der Waals surface area contributed by atoms with E-state index in [0.717, 1.165) is 11.1 Å². The zero-order valence-electron chi connectivity index (χ0n) is 19.6. The summed E-state index contributed by atoms with van der Waals surface area (Å²) in [7, 11) is 0. The van der Waals surface area contributed by atoms with Crippen LogP contribution in [0.25, 0.3) is 10.9 Å². The number of nitrogens with one attached hydrogen (secondary N) is 2. The molecule has 2 amide bonds. The number of amides is 2. The third-order valence-electron chi connectivity index (χ3n) is 5.83. The van der Waals surface area contributed by atoms with Crippen molar-refractivity contribution < 1.29 is 4.79 Å². The number of fused-ring (bicyclic) bond motifs is 1. The van der Waals surface area contributed by atoms with E-state index in [0.29, 0.717) is 51.1 Å². The number of rotatable bonds is 6. The lowest BCUT2D eigenvalue weighted by atomic mass is 10.1. The first-order valence-corrected chi connectivity index (χ1v) is 12.4. The van der Waals surface area contributed by atoms with Crippen LogP contribution in [-0.2, 0) is 13.0 Å². The van der Waals surface area contributed by atoms with Gasteiger partial charge in [-0.3, -0.25) is 9.36 Å². The second-order valence-electron chi connectivity index (χ2n) is 8.53. The molecule has 1 aromatic heterocycles. The van der Waals surface area contributed by atoms with Crippen molar-refractivity contribution in [2.75, 3.05) is 10.6 Å². The highest BCUT2D eigenvalue weighted by Crippen LogP contribution is 2.20. The molecule has 0 fully saturated rings. The van der Waals surface area contributed by atoms with Gasteiger partial charge in [0.25, 0.3) is 5.56 Å². The van der Waals surface area contributed by atoms with E-state index in [9.17, 15) is 9.59 Å². The van der Waals surface area contributed by atoms with E-state index in [1.54, 1.807) is 59.2 Å². The number of hydrogen-bond acceptors (Lipinski definition) is 3. The predicted molar refractivity (Wildman–Crippen MR) is 150 cm³/mol. The molecule has 0 saturated heterocycles. The third-order valence-corrected chi connectivity index (χ3v) is 6.32. The number of carbonyl (C=O) groups is 1. The Balaban J connectivity index is 1.49. The van der Waals surface area contributed by atoms with Crippen LogP contribution in [0.1, 0.15) is 17.0 Å². The minimum Gasteiger partial charge on any atom is -0.308 e. The van der Waals surface area contributed by atoms with Crippen molar-refractivity contribution in [1.82, 2.24) is 9.55 Å². The van der Waals surface area contributed by atoms with Crippen molar-refractivity contribution >= 4 is 51.5 Å². The molecule has 0 bridgehead atoms. The molecular formula is C29H22Cl2N4O2. The summed E-state index contributed by atoms with van der Waals surface area (Å²) in [6.07, 6.45) is 0.502. The van der Waals surface area contributed by atoms with Crippen LogP contribution in [0.15, 0.2) is 102 Å². The topological polar surface area (TPSA) is 76.0 Å². The molecule has 0 aliphatic heterocycles. The fraction of sp³-hybridized carbons (Fsp3) is 0.0690. The van der Waals surface area contributed by atoms with E-state index < -0.39 is 6.03 Å². The Hall–Kier alpha value is -4.13. The van der Waals surface area contributed by atoms with E-state index >= 15 is 0 Å². The van der Waals surface area contributed by atoms with Gasteiger partial charge in [0, 0.05) is 27.8 Å². The highest BCUT2D eigenvalue weighted by Gasteiger charge is 2.14. The van der Waals surface area contributed by atoms with E-state index in [-0.39, 0.29) is 5.56 Å². The van der Waals surface area contributed by atoms with Crippen LogP contribution < -0.4 is 16.2 Å². The van der Waals surface area contributed by atoms with Crippen LogP contribution in [0.5, 0.6) is 0 Å². The normalized spacial score (nSPS) is 10.9. The van der Waals surface area contributed by atoms with Gasteiger partial charge >= 0.3 is 6.03 Å². The molecule has 184 valence electrons. The summed E-state index contributed by atoms with van der Waals surface area (Å²) in [6, 6.07) is 28.8. The van der Waals surface area contributed by atoms with Gasteiger partial charge in [-0.25, -0.2) is 9.78 Å². The fourth-order valence-corrected chi connectivity index (χ4v) is 4.37. The summed E-state index contributed by atoms with van der Waals surface area (Å²) in [5, 5.41) is 7.06. The molecule has 0 radical (unpaired) electrons. The maximum atomic E-state index is 13.7. The lowest BCUT2D eigenvalue weighted by molar-refractivity contribution is 0.262. The number of benzene rings is 4. The van der Waals surface area contributed by atoms with Crippen LogP contribution in [0.2, 0.25) is 10.0 Å². The van der Waals surface area contributed by atoms with Crippen LogP contribution in [0, 0.1) is 0 Å². The van der Waals surface area contributed by atoms with Gasteiger partial charge in [0.2, 0.25) is 0 Å². The highest BCUT2D eigenvalue weighted by molar-refractivity contribution is 6.31.